The van der Waals surface area contributed by atoms with Crippen molar-refractivity contribution in [2.24, 2.45) is 11.8 Å². The van der Waals surface area contributed by atoms with Gasteiger partial charge in [0, 0.05) is 0 Å². The Labute approximate surface area is 90.1 Å². The van der Waals surface area contributed by atoms with Gasteiger partial charge < -0.3 is 0 Å². The zero-order chi connectivity index (χ0) is 11.1. The molecule has 0 amide bonds. The predicted molar refractivity (Wildman–Crippen MR) is 66.4 cm³/mol. The minimum Gasteiger partial charge on any atom is -0.0996 e. The van der Waals surface area contributed by atoms with Crippen molar-refractivity contribution in [2.45, 2.75) is 53.9 Å². The van der Waals surface area contributed by atoms with E-state index in [0.717, 1.165) is 6.42 Å². The molecule has 0 rings (SSSR count). The number of hydrogen-bond donors (Lipinski definition) is 0. The van der Waals surface area contributed by atoms with E-state index in [0.29, 0.717) is 11.8 Å². The fourth-order valence-corrected chi connectivity index (χ4v) is 1.57. The van der Waals surface area contributed by atoms with Crippen LogP contribution in [0, 0.1) is 11.8 Å². The molecule has 14 heavy (non-hydrogen) atoms. The summed E-state index contributed by atoms with van der Waals surface area (Å²) in [7, 11) is 0. The summed E-state index contributed by atoms with van der Waals surface area (Å²) in [5.41, 5.74) is 2.90. The molecular weight excluding hydrogens is 168 g/mol. The second kappa shape index (κ2) is 6.86. The van der Waals surface area contributed by atoms with Crippen molar-refractivity contribution in [3.05, 3.63) is 23.8 Å². The van der Waals surface area contributed by atoms with E-state index in [4.69, 9.17) is 0 Å². The van der Waals surface area contributed by atoms with E-state index in [1.807, 2.05) is 0 Å². The van der Waals surface area contributed by atoms with Gasteiger partial charge in [0.05, 0.1) is 0 Å². The second-order valence-electron chi connectivity index (χ2n) is 4.52. The quantitative estimate of drug-likeness (QED) is 0.524. The van der Waals surface area contributed by atoms with Crippen LogP contribution in [0.5, 0.6) is 0 Å². The average molecular weight is 194 g/mol. The van der Waals surface area contributed by atoms with Crippen molar-refractivity contribution in [3.8, 4) is 0 Å². The van der Waals surface area contributed by atoms with Gasteiger partial charge in [-0.25, -0.2) is 0 Å². The van der Waals surface area contributed by atoms with Crippen LogP contribution in [0.3, 0.4) is 0 Å². The highest BCUT2D eigenvalue weighted by molar-refractivity contribution is 5.06. The molecule has 0 aliphatic heterocycles. The highest BCUT2D eigenvalue weighted by atomic mass is 14.1. The Bertz CT molecular complexity index is 198. The zero-order valence-electron chi connectivity index (χ0n) is 10.6. The third kappa shape index (κ3) is 5.26. The Hall–Kier alpha value is -0.520. The third-order valence-corrected chi connectivity index (χ3v) is 3.02. The van der Waals surface area contributed by atoms with Gasteiger partial charge in [-0.05, 0) is 38.0 Å². The van der Waals surface area contributed by atoms with Crippen molar-refractivity contribution in [3.63, 3.8) is 0 Å². The van der Waals surface area contributed by atoms with Crippen LogP contribution in [0.15, 0.2) is 23.8 Å². The smallest absolute Gasteiger partial charge is 0.0222 e. The predicted octanol–water partition coefficient (Wildman–Crippen LogP) is 4.97. The molecule has 0 saturated heterocycles. The van der Waals surface area contributed by atoms with Crippen LogP contribution in [0.4, 0.5) is 0 Å². The second-order valence-corrected chi connectivity index (χ2v) is 4.52. The lowest BCUT2D eigenvalue weighted by atomic mass is 9.90. The Morgan fingerprint density at radius 2 is 1.86 bits per heavy atom. The van der Waals surface area contributed by atoms with Gasteiger partial charge in [-0.1, -0.05) is 51.5 Å². The van der Waals surface area contributed by atoms with Crippen LogP contribution in [-0.2, 0) is 0 Å². The van der Waals surface area contributed by atoms with Crippen LogP contribution in [-0.4, -0.2) is 0 Å². The maximum atomic E-state index is 4.17. The molecule has 82 valence electrons. The molecule has 0 N–H and O–H groups in total. The van der Waals surface area contributed by atoms with E-state index < -0.39 is 0 Å². The molecule has 0 saturated carbocycles. The van der Waals surface area contributed by atoms with Gasteiger partial charge in [-0.3, -0.25) is 0 Å². The molecule has 0 heterocycles. The summed E-state index contributed by atoms with van der Waals surface area (Å²) in [5, 5.41) is 0. The Morgan fingerprint density at radius 3 is 2.29 bits per heavy atom. The van der Waals surface area contributed by atoms with Gasteiger partial charge >= 0.3 is 0 Å². The van der Waals surface area contributed by atoms with Gasteiger partial charge in [0.15, 0.2) is 0 Å². The summed E-state index contributed by atoms with van der Waals surface area (Å²) >= 11 is 0. The minimum absolute atomic E-state index is 0.649. The van der Waals surface area contributed by atoms with Crippen LogP contribution < -0.4 is 0 Å². The Kier molecular flexibility index (Phi) is 6.61. The summed E-state index contributed by atoms with van der Waals surface area (Å²) in [6.45, 7) is 15.4. The molecular formula is C14H26. The molecule has 0 aromatic rings. The lowest BCUT2D eigenvalue weighted by molar-refractivity contribution is 0.582. The molecule has 2 unspecified atom stereocenters. The lowest BCUT2D eigenvalue weighted by Crippen LogP contribution is -2.01. The average Bonchev–Trinajstić information content (AvgIpc) is 2.15. The SMILES string of the molecule is C=C(CC(C)C=C(C)CC)C(C)CC. The summed E-state index contributed by atoms with van der Waals surface area (Å²) in [6, 6.07) is 0. The van der Waals surface area contributed by atoms with Crippen LogP contribution in [0.1, 0.15) is 53.9 Å². The molecule has 0 heteroatoms. The van der Waals surface area contributed by atoms with Crippen LogP contribution in [0.2, 0.25) is 0 Å². The molecule has 0 radical (unpaired) electrons. The highest BCUT2D eigenvalue weighted by Crippen LogP contribution is 2.22. The fraction of sp³-hybridized carbons (Fsp3) is 0.714. The molecule has 0 bridgehead atoms. The van der Waals surface area contributed by atoms with E-state index in [1.165, 1.54) is 24.0 Å². The van der Waals surface area contributed by atoms with E-state index in [-0.39, 0.29) is 0 Å². The van der Waals surface area contributed by atoms with Gasteiger partial charge in [0.25, 0.3) is 0 Å². The molecule has 0 aromatic heterocycles. The largest absolute Gasteiger partial charge is 0.0996 e. The van der Waals surface area contributed by atoms with Crippen molar-refractivity contribution < 1.29 is 0 Å². The Balaban J connectivity index is 4.06. The van der Waals surface area contributed by atoms with E-state index in [9.17, 15) is 0 Å². The highest BCUT2D eigenvalue weighted by Gasteiger charge is 2.07. The first-order chi connectivity index (χ1) is 6.51. The standard InChI is InChI=1S/C14H26/c1-7-11(3)9-12(4)10-14(6)13(5)8-2/h9,12-13H,6-8,10H2,1-5H3. The number of hydrogen-bond acceptors (Lipinski definition) is 0. The monoisotopic (exact) mass is 194 g/mol. The van der Waals surface area contributed by atoms with Crippen molar-refractivity contribution >= 4 is 0 Å². The fourth-order valence-electron chi connectivity index (χ4n) is 1.57. The van der Waals surface area contributed by atoms with E-state index >= 15 is 0 Å². The van der Waals surface area contributed by atoms with Gasteiger partial charge in [0.2, 0.25) is 0 Å². The van der Waals surface area contributed by atoms with E-state index in [2.05, 4.69) is 47.3 Å². The van der Waals surface area contributed by atoms with Crippen LogP contribution >= 0.6 is 0 Å². The maximum Gasteiger partial charge on any atom is -0.0222 e. The maximum absolute atomic E-state index is 4.17. The molecule has 0 aromatic carbocycles. The third-order valence-electron chi connectivity index (χ3n) is 3.02. The number of rotatable bonds is 6. The van der Waals surface area contributed by atoms with Crippen LogP contribution in [0.25, 0.3) is 0 Å². The summed E-state index contributed by atoms with van der Waals surface area (Å²) in [4.78, 5) is 0. The first kappa shape index (κ1) is 13.5. The molecule has 2 atom stereocenters. The Morgan fingerprint density at radius 1 is 1.29 bits per heavy atom. The normalized spacial score (nSPS) is 16.5. The molecule has 0 nitrogen and oxygen atoms in total. The van der Waals surface area contributed by atoms with Gasteiger partial charge in [0.1, 0.15) is 0 Å². The van der Waals surface area contributed by atoms with Crippen molar-refractivity contribution in [2.75, 3.05) is 0 Å². The molecule has 0 spiro atoms. The first-order valence-electron chi connectivity index (χ1n) is 5.86. The molecule has 0 aliphatic carbocycles. The van der Waals surface area contributed by atoms with Gasteiger partial charge in [-0.2, -0.15) is 0 Å². The number of allylic oxidation sites excluding steroid dienone is 3. The zero-order valence-corrected chi connectivity index (χ0v) is 10.6. The topological polar surface area (TPSA) is 0 Å². The molecule has 0 fully saturated rings. The van der Waals surface area contributed by atoms with E-state index in [1.54, 1.807) is 0 Å². The lowest BCUT2D eigenvalue weighted by Gasteiger charge is -2.15. The summed E-state index contributed by atoms with van der Waals surface area (Å²) in [5.74, 6) is 1.32. The minimum atomic E-state index is 0.649. The van der Waals surface area contributed by atoms with Crippen molar-refractivity contribution in [1.82, 2.24) is 0 Å². The molecule has 0 aliphatic rings. The first-order valence-corrected chi connectivity index (χ1v) is 5.86. The van der Waals surface area contributed by atoms with Crippen molar-refractivity contribution in [1.29, 1.82) is 0 Å². The summed E-state index contributed by atoms with van der Waals surface area (Å²) in [6.07, 6.45) is 5.90. The van der Waals surface area contributed by atoms with Gasteiger partial charge in [-0.15, -0.1) is 0 Å². The summed E-state index contributed by atoms with van der Waals surface area (Å²) < 4.78 is 0.